The predicted octanol–water partition coefficient (Wildman–Crippen LogP) is 0.565. The van der Waals surface area contributed by atoms with Crippen LogP contribution in [-0.4, -0.2) is 138 Å². The lowest BCUT2D eigenvalue weighted by molar-refractivity contribution is -0.126. The largest absolute Gasteiger partial charge is 0.496 e. The number of rotatable bonds is 24. The Morgan fingerprint density at radius 3 is 2.35 bits per heavy atom. The Morgan fingerprint density at radius 2 is 1.67 bits per heavy atom. The fourth-order valence-corrected chi connectivity index (χ4v) is 6.23. The molecule has 1 saturated heterocycles. The van der Waals surface area contributed by atoms with E-state index in [4.69, 9.17) is 31.9 Å². The second-order valence-electron chi connectivity index (χ2n) is 13.4. The number of aliphatic hydroxyl groups excluding tert-OH is 5. The molecule has 0 spiro atoms. The molecule has 3 amide bonds. The standard InChI is InChI=1S/C35H60ClN5O10/c1-22(16-32(46)38-13-8-6-4-5-7-11-31(45)39-19-27(43)33(47)34(48)28(44)21-42)10-9-14-41-15-12-26(30(20-41)51-3)40-35(49)23-17-24(36)25(37)18-29(23)50-2/h17-18,22,26-28,30,33-34,42-44,47-48H,4-16,19-21,37H2,1-3H3,(H,38,46)(H,39,45)(H,40,49)/t22?,26-,27+,28-,30+,33-,34-/m1/s1. The summed E-state index contributed by atoms with van der Waals surface area (Å²) >= 11 is 6.14. The molecule has 1 aromatic carbocycles. The van der Waals surface area contributed by atoms with E-state index >= 15 is 0 Å². The fraction of sp³-hybridized carbons (Fsp3) is 0.743. The fourth-order valence-electron chi connectivity index (χ4n) is 6.06. The molecule has 292 valence electrons. The lowest BCUT2D eigenvalue weighted by atomic mass is 9.98. The summed E-state index contributed by atoms with van der Waals surface area (Å²) in [7, 11) is 3.12. The highest BCUT2D eigenvalue weighted by atomic mass is 35.5. The van der Waals surface area contributed by atoms with E-state index in [9.17, 15) is 34.8 Å². The summed E-state index contributed by atoms with van der Waals surface area (Å²) in [6.07, 6.45) is 0.762. The summed E-state index contributed by atoms with van der Waals surface area (Å²) in [6, 6.07) is 2.88. The number of anilines is 1. The molecule has 1 unspecified atom stereocenters. The highest BCUT2D eigenvalue weighted by Gasteiger charge is 2.32. The summed E-state index contributed by atoms with van der Waals surface area (Å²) in [5.74, 6) is 0.0484. The first-order valence-electron chi connectivity index (χ1n) is 17.9. The van der Waals surface area contributed by atoms with Gasteiger partial charge in [-0.05, 0) is 50.6 Å². The van der Waals surface area contributed by atoms with Crippen LogP contribution in [0.15, 0.2) is 12.1 Å². The number of halogens is 1. The molecule has 0 radical (unpaired) electrons. The average molecular weight is 746 g/mol. The van der Waals surface area contributed by atoms with E-state index in [0.717, 1.165) is 58.0 Å². The summed E-state index contributed by atoms with van der Waals surface area (Å²) in [4.78, 5) is 39.8. The number of nitrogens with two attached hydrogens (primary N) is 1. The number of carbonyl (C=O) groups is 3. The van der Waals surface area contributed by atoms with Crippen LogP contribution < -0.4 is 26.4 Å². The van der Waals surface area contributed by atoms with Crippen LogP contribution in [0, 0.1) is 5.92 Å². The van der Waals surface area contributed by atoms with E-state index in [1.807, 2.05) is 0 Å². The lowest BCUT2D eigenvalue weighted by Crippen LogP contribution is -2.54. The molecule has 15 nitrogen and oxygen atoms in total. The monoisotopic (exact) mass is 745 g/mol. The lowest BCUT2D eigenvalue weighted by Gasteiger charge is -2.38. The van der Waals surface area contributed by atoms with Crippen LogP contribution in [0.2, 0.25) is 5.02 Å². The number of nitrogens with one attached hydrogen (secondary N) is 3. The van der Waals surface area contributed by atoms with Crippen molar-refractivity contribution >= 4 is 35.0 Å². The van der Waals surface area contributed by atoms with Gasteiger partial charge in [-0.2, -0.15) is 0 Å². The molecule has 1 aliphatic heterocycles. The quantitative estimate of drug-likeness (QED) is 0.0522. The molecular formula is C35H60ClN5O10. The Kier molecular flexibility index (Phi) is 20.7. The number of piperidine rings is 1. The maximum atomic E-state index is 13.0. The smallest absolute Gasteiger partial charge is 0.255 e. The molecular weight excluding hydrogens is 686 g/mol. The van der Waals surface area contributed by atoms with E-state index in [-0.39, 0.29) is 53.8 Å². The van der Waals surface area contributed by atoms with Crippen LogP contribution in [0.5, 0.6) is 5.75 Å². The van der Waals surface area contributed by atoms with Crippen LogP contribution in [-0.2, 0) is 14.3 Å². The predicted molar refractivity (Wildman–Crippen MR) is 193 cm³/mol. The van der Waals surface area contributed by atoms with Gasteiger partial charge >= 0.3 is 0 Å². The normalized spacial score (nSPS) is 19.4. The number of hydrogen-bond acceptors (Lipinski definition) is 12. The molecule has 0 aromatic heterocycles. The Labute approximate surface area is 306 Å². The van der Waals surface area contributed by atoms with Gasteiger partial charge in [-0.3, -0.25) is 14.4 Å². The number of aliphatic hydroxyl groups is 5. The zero-order valence-electron chi connectivity index (χ0n) is 30.2. The molecule has 1 heterocycles. The summed E-state index contributed by atoms with van der Waals surface area (Å²) < 4.78 is 11.1. The first-order chi connectivity index (χ1) is 24.3. The van der Waals surface area contributed by atoms with Gasteiger partial charge in [0, 0.05) is 52.2 Å². The second kappa shape index (κ2) is 23.7. The van der Waals surface area contributed by atoms with Gasteiger partial charge in [0.2, 0.25) is 11.8 Å². The van der Waals surface area contributed by atoms with Crippen LogP contribution in [0.25, 0.3) is 0 Å². The van der Waals surface area contributed by atoms with Crippen molar-refractivity contribution in [1.82, 2.24) is 20.9 Å². The third kappa shape index (κ3) is 15.8. The topological polar surface area (TPSA) is 236 Å². The molecule has 0 bridgehead atoms. The zero-order chi connectivity index (χ0) is 37.9. The first kappa shape index (κ1) is 44.4. The van der Waals surface area contributed by atoms with Crippen molar-refractivity contribution in [1.29, 1.82) is 0 Å². The van der Waals surface area contributed by atoms with E-state index in [1.165, 1.54) is 19.2 Å². The Hall–Kier alpha value is -2.76. The zero-order valence-corrected chi connectivity index (χ0v) is 30.9. The molecule has 1 aromatic rings. The summed E-state index contributed by atoms with van der Waals surface area (Å²) in [5.41, 5.74) is 6.51. The van der Waals surface area contributed by atoms with Crippen molar-refractivity contribution in [3.8, 4) is 5.75 Å². The number of carbonyl (C=O) groups excluding carboxylic acids is 3. The minimum absolute atomic E-state index is 0.0416. The highest BCUT2D eigenvalue weighted by Crippen LogP contribution is 2.29. The van der Waals surface area contributed by atoms with Crippen molar-refractivity contribution in [3.63, 3.8) is 0 Å². The Balaban J connectivity index is 1.53. The maximum Gasteiger partial charge on any atom is 0.255 e. The van der Waals surface area contributed by atoms with E-state index < -0.39 is 31.0 Å². The van der Waals surface area contributed by atoms with Gasteiger partial charge < -0.3 is 61.6 Å². The van der Waals surface area contributed by atoms with Crippen molar-refractivity contribution < 1.29 is 49.4 Å². The van der Waals surface area contributed by atoms with E-state index in [2.05, 4.69) is 27.8 Å². The summed E-state index contributed by atoms with van der Waals surface area (Å²) in [6.45, 7) is 4.00. The third-order valence-corrected chi connectivity index (χ3v) is 9.59. The Morgan fingerprint density at radius 1 is 0.980 bits per heavy atom. The minimum atomic E-state index is -1.73. The molecule has 7 atom stereocenters. The second-order valence-corrected chi connectivity index (χ2v) is 13.8. The molecule has 10 N–H and O–H groups in total. The van der Waals surface area contributed by atoms with Crippen molar-refractivity contribution in [2.24, 2.45) is 5.92 Å². The van der Waals surface area contributed by atoms with Crippen molar-refractivity contribution in [2.45, 2.75) is 108 Å². The van der Waals surface area contributed by atoms with Crippen LogP contribution in [0.3, 0.4) is 0 Å². The third-order valence-electron chi connectivity index (χ3n) is 9.27. The van der Waals surface area contributed by atoms with Gasteiger partial charge in [0.25, 0.3) is 5.91 Å². The summed E-state index contributed by atoms with van der Waals surface area (Å²) in [5, 5.41) is 56.3. The molecule has 1 fully saturated rings. The maximum absolute atomic E-state index is 13.0. The van der Waals surface area contributed by atoms with Crippen molar-refractivity contribution in [3.05, 3.63) is 22.7 Å². The minimum Gasteiger partial charge on any atom is -0.496 e. The Bertz CT molecular complexity index is 1210. The molecule has 2 rings (SSSR count). The molecule has 0 aliphatic carbocycles. The number of unbranched alkanes of at least 4 members (excludes halogenated alkanes) is 4. The number of ether oxygens (including phenoxy) is 2. The van der Waals surface area contributed by atoms with Gasteiger partial charge in [-0.25, -0.2) is 0 Å². The number of benzene rings is 1. The van der Waals surface area contributed by atoms with Gasteiger partial charge in [-0.1, -0.05) is 37.8 Å². The number of nitrogens with zero attached hydrogens (tertiary/aromatic N) is 1. The van der Waals surface area contributed by atoms with E-state index in [0.29, 0.717) is 42.9 Å². The van der Waals surface area contributed by atoms with Gasteiger partial charge in [0.1, 0.15) is 24.1 Å². The van der Waals surface area contributed by atoms with Gasteiger partial charge in [-0.15, -0.1) is 0 Å². The molecule has 0 saturated carbocycles. The van der Waals surface area contributed by atoms with Crippen molar-refractivity contribution in [2.75, 3.05) is 59.3 Å². The molecule has 16 heteroatoms. The number of nitrogen functional groups attached to an aromatic ring is 1. The number of hydrogen-bond donors (Lipinski definition) is 9. The molecule has 51 heavy (non-hydrogen) atoms. The number of methoxy groups -OCH3 is 2. The number of amides is 3. The van der Waals surface area contributed by atoms with Crippen LogP contribution >= 0.6 is 11.6 Å². The SMILES string of the molecule is COc1cc(N)c(Cl)cc1C(=O)N[C@@H]1CCN(CCCC(C)CC(=O)NCCCCCCCC(=O)NC[C@H](O)[C@@H](O)[C@H](O)[C@H](O)CO)C[C@@H]1OC. The average Bonchev–Trinajstić information content (AvgIpc) is 3.11. The van der Waals surface area contributed by atoms with Crippen LogP contribution in [0.1, 0.15) is 81.5 Å². The van der Waals surface area contributed by atoms with E-state index in [1.54, 1.807) is 7.11 Å². The molecule has 1 aliphatic rings. The van der Waals surface area contributed by atoms with Gasteiger partial charge in [0.05, 0.1) is 48.2 Å². The first-order valence-corrected chi connectivity index (χ1v) is 18.2. The number of likely N-dealkylation sites (tertiary alicyclic amines) is 1. The van der Waals surface area contributed by atoms with Crippen LogP contribution in [0.4, 0.5) is 5.69 Å². The highest BCUT2D eigenvalue weighted by molar-refractivity contribution is 6.33. The van der Waals surface area contributed by atoms with Gasteiger partial charge in [0.15, 0.2) is 0 Å².